The Bertz CT molecular complexity index is 557. The number of aryl methyl sites for hydroxylation is 1. The number of rotatable bonds is 1. The Morgan fingerprint density at radius 3 is 2.90 bits per heavy atom. The van der Waals surface area contributed by atoms with Gasteiger partial charge in [-0.1, -0.05) is 18.0 Å². The molecule has 20 heavy (non-hydrogen) atoms. The summed E-state index contributed by atoms with van der Waals surface area (Å²) < 4.78 is 0. The normalized spacial score (nSPS) is 26.1. The first-order valence-corrected chi connectivity index (χ1v) is 7.24. The number of nitrogens with one attached hydrogen (secondary N) is 2. The van der Waals surface area contributed by atoms with Crippen molar-refractivity contribution in [2.45, 2.75) is 32.2 Å². The van der Waals surface area contributed by atoms with Crippen LogP contribution in [0.25, 0.3) is 0 Å². The average Bonchev–Trinajstić information content (AvgIpc) is 2.57. The Labute approximate surface area is 121 Å². The van der Waals surface area contributed by atoms with Crippen LogP contribution in [0, 0.1) is 12.8 Å². The van der Waals surface area contributed by atoms with Gasteiger partial charge in [0, 0.05) is 19.1 Å². The lowest BCUT2D eigenvalue weighted by Crippen LogP contribution is -2.41. The zero-order valence-electron chi connectivity index (χ0n) is 11.3. The highest BCUT2D eigenvalue weighted by Crippen LogP contribution is 2.25. The lowest BCUT2D eigenvalue weighted by atomic mass is 9.99. The quantitative estimate of drug-likeness (QED) is 0.815. The van der Waals surface area contributed by atoms with Gasteiger partial charge in [0.05, 0.1) is 16.6 Å². The fraction of sp³-hybridized carbons (Fsp3) is 0.615. The molecule has 3 rings (SSSR count). The van der Waals surface area contributed by atoms with Crippen LogP contribution < -0.4 is 5.32 Å². The molecule has 108 valence electrons. The second-order valence-corrected chi connectivity index (χ2v) is 5.93. The van der Waals surface area contributed by atoms with Gasteiger partial charge in [-0.3, -0.25) is 14.7 Å². The molecule has 2 N–H and O–H groups in total. The van der Waals surface area contributed by atoms with E-state index in [9.17, 15) is 9.59 Å². The van der Waals surface area contributed by atoms with E-state index in [1.165, 1.54) is 0 Å². The summed E-state index contributed by atoms with van der Waals surface area (Å²) >= 11 is 6.09. The van der Waals surface area contributed by atoms with E-state index in [-0.39, 0.29) is 29.5 Å². The van der Waals surface area contributed by atoms with E-state index in [0.717, 1.165) is 19.3 Å². The number of likely N-dealkylation sites (tertiary alicyclic amines) is 1. The molecule has 2 aliphatic rings. The summed E-state index contributed by atoms with van der Waals surface area (Å²) in [7, 11) is 0. The third-order valence-electron chi connectivity index (χ3n) is 4.07. The first-order valence-electron chi connectivity index (χ1n) is 6.86. The van der Waals surface area contributed by atoms with Gasteiger partial charge < -0.3 is 10.2 Å². The van der Waals surface area contributed by atoms with Crippen molar-refractivity contribution in [3.05, 3.63) is 16.4 Å². The Balaban J connectivity index is 1.85. The minimum atomic E-state index is -0.201. The Morgan fingerprint density at radius 2 is 2.20 bits per heavy atom. The molecule has 0 spiro atoms. The van der Waals surface area contributed by atoms with E-state index in [1.54, 1.807) is 11.8 Å². The van der Waals surface area contributed by atoms with Crippen LogP contribution in [-0.2, 0) is 4.79 Å². The van der Waals surface area contributed by atoms with Crippen molar-refractivity contribution in [1.82, 2.24) is 20.4 Å². The van der Waals surface area contributed by atoms with Crippen molar-refractivity contribution in [3.8, 4) is 0 Å². The summed E-state index contributed by atoms with van der Waals surface area (Å²) in [5, 5.41) is 10.1. The van der Waals surface area contributed by atoms with Gasteiger partial charge in [-0.05, 0) is 19.8 Å². The smallest absolute Gasteiger partial charge is 0.276 e. The lowest BCUT2D eigenvalue weighted by molar-refractivity contribution is -0.124. The Hall–Kier alpha value is -1.56. The van der Waals surface area contributed by atoms with Crippen molar-refractivity contribution >= 4 is 23.4 Å². The van der Waals surface area contributed by atoms with Crippen molar-refractivity contribution < 1.29 is 9.59 Å². The van der Waals surface area contributed by atoms with Crippen LogP contribution in [0.15, 0.2) is 0 Å². The molecule has 0 aromatic carbocycles. The van der Waals surface area contributed by atoms with Crippen LogP contribution in [0.3, 0.4) is 0 Å². The first-order chi connectivity index (χ1) is 9.56. The van der Waals surface area contributed by atoms with Gasteiger partial charge in [0.2, 0.25) is 5.91 Å². The zero-order chi connectivity index (χ0) is 14.3. The van der Waals surface area contributed by atoms with E-state index in [1.807, 2.05) is 0 Å². The number of carbonyl (C=O) groups is 2. The highest BCUT2D eigenvalue weighted by molar-refractivity contribution is 6.34. The molecule has 2 saturated heterocycles. The average molecular weight is 297 g/mol. The molecule has 0 saturated carbocycles. The van der Waals surface area contributed by atoms with Crippen molar-refractivity contribution in [3.63, 3.8) is 0 Å². The molecular weight excluding hydrogens is 280 g/mol. The number of H-pyrrole nitrogens is 1. The van der Waals surface area contributed by atoms with E-state index < -0.39 is 0 Å². The number of aromatic amines is 1. The second-order valence-electron chi connectivity index (χ2n) is 5.55. The molecule has 0 radical (unpaired) electrons. The molecule has 2 aliphatic heterocycles. The molecule has 6 nitrogen and oxygen atoms in total. The molecular formula is C13H17ClN4O2. The summed E-state index contributed by atoms with van der Waals surface area (Å²) in [6.07, 6.45) is 2.77. The number of amides is 2. The lowest BCUT2D eigenvalue weighted by Gasteiger charge is -2.26. The van der Waals surface area contributed by atoms with Gasteiger partial charge >= 0.3 is 0 Å². The molecule has 2 atom stereocenters. The molecule has 1 aromatic rings. The summed E-state index contributed by atoms with van der Waals surface area (Å²) in [5.41, 5.74) is 0.927. The maximum absolute atomic E-state index is 12.5. The summed E-state index contributed by atoms with van der Waals surface area (Å²) in [6.45, 7) is 2.75. The molecule has 1 aromatic heterocycles. The van der Waals surface area contributed by atoms with Crippen LogP contribution in [0.5, 0.6) is 0 Å². The van der Waals surface area contributed by atoms with Crippen molar-refractivity contribution in [2.24, 2.45) is 5.92 Å². The van der Waals surface area contributed by atoms with Crippen LogP contribution in [-0.4, -0.2) is 46.0 Å². The first kappa shape index (κ1) is 13.4. The molecule has 0 aliphatic carbocycles. The Kier molecular flexibility index (Phi) is 3.41. The number of carbonyl (C=O) groups excluding carboxylic acids is 2. The molecule has 3 heterocycles. The third-order valence-corrected chi connectivity index (χ3v) is 4.53. The van der Waals surface area contributed by atoms with E-state index in [2.05, 4.69) is 15.5 Å². The van der Waals surface area contributed by atoms with E-state index in [4.69, 9.17) is 11.6 Å². The van der Waals surface area contributed by atoms with Gasteiger partial charge in [-0.2, -0.15) is 5.10 Å². The minimum absolute atomic E-state index is 0.0396. The van der Waals surface area contributed by atoms with Gasteiger partial charge in [0.1, 0.15) is 0 Å². The number of aromatic nitrogens is 2. The fourth-order valence-corrected chi connectivity index (χ4v) is 3.09. The topological polar surface area (TPSA) is 78.1 Å². The molecule has 2 fully saturated rings. The number of nitrogens with zero attached hydrogens (tertiary/aromatic N) is 2. The molecule has 2 amide bonds. The van der Waals surface area contributed by atoms with Crippen LogP contribution in [0.2, 0.25) is 5.02 Å². The highest BCUT2D eigenvalue weighted by Gasteiger charge is 2.35. The van der Waals surface area contributed by atoms with Gasteiger partial charge in [-0.15, -0.1) is 0 Å². The summed E-state index contributed by atoms with van der Waals surface area (Å²) in [4.78, 5) is 26.2. The number of fused-ring (bicyclic) bond motifs is 3. The van der Waals surface area contributed by atoms with E-state index >= 15 is 0 Å². The molecule has 7 heteroatoms. The monoisotopic (exact) mass is 296 g/mol. The fourth-order valence-electron chi connectivity index (χ4n) is 2.92. The van der Waals surface area contributed by atoms with Crippen molar-refractivity contribution in [1.29, 1.82) is 0 Å². The summed E-state index contributed by atoms with van der Waals surface area (Å²) in [5.74, 6) is -0.259. The maximum Gasteiger partial charge on any atom is 0.276 e. The minimum Gasteiger partial charge on any atom is -0.351 e. The highest BCUT2D eigenvalue weighted by atomic mass is 35.5. The van der Waals surface area contributed by atoms with Crippen molar-refractivity contribution in [2.75, 3.05) is 13.1 Å². The van der Waals surface area contributed by atoms with Crippen LogP contribution in [0.1, 0.15) is 35.4 Å². The zero-order valence-corrected chi connectivity index (χ0v) is 12.0. The number of hydrogen-bond donors (Lipinski definition) is 2. The van der Waals surface area contributed by atoms with Gasteiger partial charge in [-0.25, -0.2) is 0 Å². The molecule has 0 unspecified atom stereocenters. The van der Waals surface area contributed by atoms with Gasteiger partial charge in [0.15, 0.2) is 5.69 Å². The SMILES string of the molecule is Cc1[nH]nc(C(=O)N2C[C@@H]3CCC[C@H](C2)C(=O)N3)c1Cl. The third kappa shape index (κ3) is 2.28. The summed E-state index contributed by atoms with van der Waals surface area (Å²) in [6, 6.07) is 0.0396. The Morgan fingerprint density at radius 1 is 1.40 bits per heavy atom. The second kappa shape index (κ2) is 5.09. The standard InChI is InChI=1S/C13H17ClN4O2/c1-7-10(14)11(17-16-7)13(20)18-5-8-3-2-4-9(6-18)15-12(8)19/h8-9H,2-6H2,1H3,(H,15,19)(H,16,17)/t8-,9+/m1/s1. The van der Waals surface area contributed by atoms with Crippen LogP contribution in [0.4, 0.5) is 0 Å². The number of halogens is 1. The van der Waals surface area contributed by atoms with Crippen LogP contribution >= 0.6 is 11.6 Å². The predicted octanol–water partition coefficient (Wildman–Crippen LogP) is 1.11. The predicted molar refractivity (Wildman–Crippen MR) is 73.5 cm³/mol. The number of hydrogen-bond acceptors (Lipinski definition) is 3. The molecule has 2 bridgehead atoms. The maximum atomic E-state index is 12.5. The van der Waals surface area contributed by atoms with E-state index in [0.29, 0.717) is 23.8 Å². The largest absolute Gasteiger partial charge is 0.351 e. The van der Waals surface area contributed by atoms with Gasteiger partial charge in [0.25, 0.3) is 5.91 Å².